The molecule has 1 N–H and O–H groups in total. The molecule has 0 fully saturated rings. The molecule has 0 radical (unpaired) electrons. The summed E-state index contributed by atoms with van der Waals surface area (Å²) in [5.41, 5.74) is 3.31. The Balaban J connectivity index is 2.35. The summed E-state index contributed by atoms with van der Waals surface area (Å²) < 4.78 is 0. The van der Waals surface area contributed by atoms with Crippen molar-refractivity contribution in [3.63, 3.8) is 0 Å². The largest absolute Gasteiger partial charge is 0.340 e. The molecule has 0 aromatic carbocycles. The Morgan fingerprint density at radius 3 is 2.65 bits per heavy atom. The smallest absolute Gasteiger partial charge is 0.332 e. The van der Waals surface area contributed by atoms with E-state index >= 15 is 0 Å². The van der Waals surface area contributed by atoms with E-state index in [1.54, 1.807) is 19.1 Å². The molecule has 5 nitrogen and oxygen atoms in total. The number of rotatable bonds is 4. The van der Waals surface area contributed by atoms with E-state index in [4.69, 9.17) is 4.84 Å². The van der Waals surface area contributed by atoms with Crippen LogP contribution in [0, 0.1) is 12.3 Å². The zero-order valence-electron chi connectivity index (χ0n) is 12.5. The molecule has 1 rings (SSSR count). The van der Waals surface area contributed by atoms with Gasteiger partial charge in [0, 0.05) is 12.6 Å². The number of hydrogen-bond acceptors (Lipinski definition) is 4. The van der Waals surface area contributed by atoms with Crippen molar-refractivity contribution in [2.75, 3.05) is 0 Å². The van der Waals surface area contributed by atoms with Crippen LogP contribution in [0.5, 0.6) is 0 Å². The van der Waals surface area contributed by atoms with E-state index < -0.39 is 11.9 Å². The number of aryl methyl sites for hydroxylation is 1. The van der Waals surface area contributed by atoms with Gasteiger partial charge in [-0.1, -0.05) is 26.8 Å². The number of amides is 1. The minimum Gasteiger partial charge on any atom is -0.340 e. The number of carbonyl (C=O) groups is 2. The molecule has 0 saturated carbocycles. The molecule has 0 saturated heterocycles. The van der Waals surface area contributed by atoms with Gasteiger partial charge in [-0.05, 0) is 36.8 Å². The molecule has 0 aliphatic carbocycles. The lowest BCUT2D eigenvalue weighted by Crippen LogP contribution is -2.28. The highest BCUT2D eigenvalue weighted by Crippen LogP contribution is 2.21. The Kier molecular flexibility index (Phi) is 5.67. The van der Waals surface area contributed by atoms with Crippen LogP contribution in [0.1, 0.15) is 56.1 Å². The summed E-state index contributed by atoms with van der Waals surface area (Å²) in [6.45, 7) is 8.12. The van der Waals surface area contributed by atoms with Crippen molar-refractivity contribution in [2.24, 2.45) is 5.41 Å². The third-order valence-electron chi connectivity index (χ3n) is 2.79. The van der Waals surface area contributed by atoms with Crippen molar-refractivity contribution in [3.05, 3.63) is 29.6 Å². The summed E-state index contributed by atoms with van der Waals surface area (Å²) in [5.74, 6) is -0.941. The lowest BCUT2D eigenvalue weighted by Gasteiger charge is -2.17. The van der Waals surface area contributed by atoms with E-state index in [1.807, 2.05) is 0 Å². The number of pyridine rings is 1. The maximum atomic E-state index is 11.8. The third kappa shape index (κ3) is 5.82. The fraction of sp³-hybridized carbons (Fsp3) is 0.533. The minimum absolute atomic E-state index is 0.189. The Hall–Kier alpha value is -1.91. The number of nitrogens with zero attached hydrogens (tertiary/aromatic N) is 1. The lowest BCUT2D eigenvalue weighted by atomic mass is 9.90. The van der Waals surface area contributed by atoms with E-state index in [2.05, 4.69) is 31.2 Å². The van der Waals surface area contributed by atoms with Crippen molar-refractivity contribution >= 4 is 11.9 Å². The van der Waals surface area contributed by atoms with Crippen LogP contribution in [0.25, 0.3) is 0 Å². The van der Waals surface area contributed by atoms with Crippen molar-refractivity contribution in [1.82, 2.24) is 10.5 Å². The first-order valence-corrected chi connectivity index (χ1v) is 6.71. The van der Waals surface area contributed by atoms with Crippen LogP contribution in [0.4, 0.5) is 0 Å². The number of nitrogens with one attached hydrogen (secondary N) is 1. The Morgan fingerprint density at radius 2 is 2.05 bits per heavy atom. The Morgan fingerprint density at radius 1 is 1.35 bits per heavy atom. The first-order chi connectivity index (χ1) is 9.29. The van der Waals surface area contributed by atoms with Crippen LogP contribution in [0.15, 0.2) is 18.3 Å². The molecule has 0 aliphatic rings. The highest BCUT2D eigenvalue weighted by Gasteiger charge is 2.14. The van der Waals surface area contributed by atoms with Gasteiger partial charge in [0.1, 0.15) is 5.69 Å². The molecule has 0 spiro atoms. The zero-order valence-corrected chi connectivity index (χ0v) is 12.5. The summed E-state index contributed by atoms with van der Waals surface area (Å²) in [5, 5.41) is 0. The summed E-state index contributed by atoms with van der Waals surface area (Å²) >= 11 is 0. The van der Waals surface area contributed by atoms with Crippen molar-refractivity contribution in [1.29, 1.82) is 0 Å². The molecule has 1 heterocycles. The summed E-state index contributed by atoms with van der Waals surface area (Å²) in [7, 11) is 0. The van der Waals surface area contributed by atoms with Gasteiger partial charge in [-0.15, -0.1) is 0 Å². The minimum atomic E-state index is -0.507. The maximum absolute atomic E-state index is 11.8. The molecular weight excluding hydrogens is 256 g/mol. The van der Waals surface area contributed by atoms with Gasteiger partial charge in [-0.3, -0.25) is 9.78 Å². The second kappa shape index (κ2) is 7.03. The van der Waals surface area contributed by atoms with E-state index in [0.29, 0.717) is 6.42 Å². The van der Waals surface area contributed by atoms with Crippen LogP contribution in [0.3, 0.4) is 0 Å². The van der Waals surface area contributed by atoms with Gasteiger partial charge >= 0.3 is 11.9 Å². The first kappa shape index (κ1) is 16.1. The highest BCUT2D eigenvalue weighted by atomic mass is 16.7. The quantitative estimate of drug-likeness (QED) is 0.860. The molecule has 1 amide bonds. The van der Waals surface area contributed by atoms with Crippen molar-refractivity contribution in [2.45, 2.75) is 47.0 Å². The van der Waals surface area contributed by atoms with Crippen molar-refractivity contribution < 1.29 is 14.4 Å². The van der Waals surface area contributed by atoms with Crippen LogP contribution in [-0.2, 0) is 9.63 Å². The Bertz CT molecular complexity index is 478. The van der Waals surface area contributed by atoms with Crippen LogP contribution < -0.4 is 5.48 Å². The molecule has 0 aliphatic heterocycles. The first-order valence-electron chi connectivity index (χ1n) is 6.71. The SMILES string of the molecule is Cc1cccnc1C(=O)NOC(=O)CCCC(C)(C)C. The number of hydrogen-bond donors (Lipinski definition) is 1. The van der Waals surface area contributed by atoms with Crippen LogP contribution in [-0.4, -0.2) is 16.9 Å². The highest BCUT2D eigenvalue weighted by molar-refractivity contribution is 5.93. The van der Waals surface area contributed by atoms with Gasteiger partial charge in [0.15, 0.2) is 0 Å². The molecule has 1 aromatic heterocycles. The molecule has 1 aromatic rings. The third-order valence-corrected chi connectivity index (χ3v) is 2.79. The van der Waals surface area contributed by atoms with Gasteiger partial charge in [-0.25, -0.2) is 4.79 Å². The van der Waals surface area contributed by atoms with Gasteiger partial charge in [0.05, 0.1) is 0 Å². The van der Waals surface area contributed by atoms with E-state index in [-0.39, 0.29) is 11.1 Å². The second-order valence-electron chi connectivity index (χ2n) is 5.99. The number of aromatic nitrogens is 1. The summed E-state index contributed by atoms with van der Waals surface area (Å²) in [4.78, 5) is 31.9. The fourth-order valence-corrected chi connectivity index (χ4v) is 1.69. The van der Waals surface area contributed by atoms with Crippen molar-refractivity contribution in [3.8, 4) is 0 Å². The predicted molar refractivity (Wildman–Crippen MR) is 75.8 cm³/mol. The molecule has 20 heavy (non-hydrogen) atoms. The molecule has 0 unspecified atom stereocenters. The average molecular weight is 278 g/mol. The van der Waals surface area contributed by atoms with E-state index in [9.17, 15) is 9.59 Å². The van der Waals surface area contributed by atoms with E-state index in [0.717, 1.165) is 18.4 Å². The topological polar surface area (TPSA) is 68.3 Å². The summed E-state index contributed by atoms with van der Waals surface area (Å²) in [6.07, 6.45) is 3.47. The monoisotopic (exact) mass is 278 g/mol. The molecule has 0 bridgehead atoms. The average Bonchev–Trinajstić information content (AvgIpc) is 2.35. The molecular formula is C15H22N2O3. The van der Waals surface area contributed by atoms with Gasteiger partial charge in [0.25, 0.3) is 0 Å². The molecule has 110 valence electrons. The zero-order chi connectivity index (χ0) is 15.2. The normalized spacial score (nSPS) is 11.0. The van der Waals surface area contributed by atoms with Crippen LogP contribution in [0.2, 0.25) is 0 Å². The Labute approximate surface area is 119 Å². The summed E-state index contributed by atoms with van der Waals surface area (Å²) in [6, 6.07) is 3.51. The number of carbonyl (C=O) groups excluding carboxylic acids is 2. The van der Waals surface area contributed by atoms with Gasteiger partial charge < -0.3 is 4.84 Å². The predicted octanol–water partition coefficient (Wildman–Crippen LogP) is 2.79. The van der Waals surface area contributed by atoms with E-state index in [1.165, 1.54) is 6.20 Å². The maximum Gasteiger partial charge on any atom is 0.332 e. The molecule has 0 atom stereocenters. The second-order valence-corrected chi connectivity index (χ2v) is 5.99. The molecule has 5 heteroatoms. The lowest BCUT2D eigenvalue weighted by molar-refractivity contribution is -0.149. The van der Waals surface area contributed by atoms with Crippen LogP contribution >= 0.6 is 0 Å². The van der Waals surface area contributed by atoms with Gasteiger partial charge in [-0.2, -0.15) is 5.48 Å². The fourth-order valence-electron chi connectivity index (χ4n) is 1.69. The number of hydroxylamine groups is 1. The van der Waals surface area contributed by atoms with Gasteiger partial charge in [0.2, 0.25) is 0 Å². The standard InChI is InChI=1S/C15H22N2O3/c1-11-7-6-10-16-13(11)14(19)17-20-12(18)8-5-9-15(2,3)4/h6-7,10H,5,8-9H2,1-4H3,(H,17,19).